The molecule has 1 rings (SSSR count). The van der Waals surface area contributed by atoms with Gasteiger partial charge in [-0.15, -0.1) is 0 Å². The normalized spacial score (nSPS) is 10.2. The van der Waals surface area contributed by atoms with Crippen molar-refractivity contribution in [2.24, 2.45) is 0 Å². The third-order valence-corrected chi connectivity index (χ3v) is 2.42. The number of halogens is 2. The highest BCUT2D eigenvalue weighted by molar-refractivity contribution is 6.31. The summed E-state index contributed by atoms with van der Waals surface area (Å²) in [5, 5.41) is 3.40. The molecule has 1 aromatic carbocycles. The highest BCUT2D eigenvalue weighted by Crippen LogP contribution is 2.16. The van der Waals surface area contributed by atoms with Crippen molar-refractivity contribution in [3.05, 3.63) is 34.6 Å². The lowest BCUT2D eigenvalue weighted by Crippen LogP contribution is -2.18. The Hall–Kier alpha value is -1.13. The van der Waals surface area contributed by atoms with Crippen molar-refractivity contribution in [1.82, 2.24) is 5.32 Å². The summed E-state index contributed by atoms with van der Waals surface area (Å²) in [5.41, 5.74) is 0.799. The minimum absolute atomic E-state index is 0.266. The van der Waals surface area contributed by atoms with E-state index in [4.69, 9.17) is 11.6 Å². The van der Waals surface area contributed by atoms with Crippen LogP contribution in [0.25, 0.3) is 0 Å². The lowest BCUT2D eigenvalue weighted by Gasteiger charge is -2.06. The fourth-order valence-corrected chi connectivity index (χ4v) is 1.41. The quantitative estimate of drug-likeness (QED) is 0.638. The zero-order valence-corrected chi connectivity index (χ0v) is 9.68. The van der Waals surface area contributed by atoms with E-state index in [1.165, 1.54) is 19.2 Å². The predicted molar refractivity (Wildman–Crippen MR) is 59.7 cm³/mol. The smallest absolute Gasteiger partial charge is 0.306 e. The molecule has 0 atom stereocenters. The zero-order valence-electron chi connectivity index (χ0n) is 8.93. The summed E-state index contributed by atoms with van der Waals surface area (Å²) in [7, 11) is 1.35. The topological polar surface area (TPSA) is 38.3 Å². The molecule has 0 spiro atoms. The minimum atomic E-state index is -0.358. The molecule has 0 saturated heterocycles. The van der Waals surface area contributed by atoms with Gasteiger partial charge in [0.2, 0.25) is 0 Å². The fourth-order valence-electron chi connectivity index (χ4n) is 1.18. The van der Waals surface area contributed by atoms with Gasteiger partial charge in [0.05, 0.1) is 13.5 Å². The monoisotopic (exact) mass is 245 g/mol. The second-order valence-corrected chi connectivity index (χ2v) is 3.65. The van der Waals surface area contributed by atoms with E-state index in [1.54, 1.807) is 6.07 Å². The molecule has 0 aliphatic rings. The molecule has 3 nitrogen and oxygen atoms in total. The maximum atomic E-state index is 12.7. The molecular weight excluding hydrogens is 233 g/mol. The molecule has 1 aromatic rings. The molecule has 0 amide bonds. The van der Waals surface area contributed by atoms with E-state index >= 15 is 0 Å². The lowest BCUT2D eigenvalue weighted by atomic mass is 10.2. The Balaban J connectivity index is 2.35. The van der Waals surface area contributed by atoms with Gasteiger partial charge in [0.15, 0.2) is 0 Å². The van der Waals surface area contributed by atoms with E-state index in [9.17, 15) is 9.18 Å². The molecule has 16 heavy (non-hydrogen) atoms. The van der Waals surface area contributed by atoms with Gasteiger partial charge < -0.3 is 10.1 Å². The fraction of sp³-hybridized carbons (Fsp3) is 0.364. The van der Waals surface area contributed by atoms with Crippen molar-refractivity contribution < 1.29 is 13.9 Å². The van der Waals surface area contributed by atoms with E-state index in [0.29, 0.717) is 24.5 Å². The molecule has 0 radical (unpaired) electrons. The number of rotatable bonds is 5. The van der Waals surface area contributed by atoms with Crippen LogP contribution in [0.1, 0.15) is 12.0 Å². The third kappa shape index (κ3) is 4.16. The van der Waals surface area contributed by atoms with Gasteiger partial charge in [-0.05, 0) is 17.7 Å². The number of esters is 1. The van der Waals surface area contributed by atoms with Crippen LogP contribution in [0.15, 0.2) is 18.2 Å². The van der Waals surface area contributed by atoms with E-state index in [0.717, 1.165) is 5.56 Å². The Labute approximate surface area is 98.5 Å². The van der Waals surface area contributed by atoms with Crippen molar-refractivity contribution in [2.75, 3.05) is 13.7 Å². The third-order valence-electron chi connectivity index (χ3n) is 2.06. The van der Waals surface area contributed by atoms with Gasteiger partial charge in [-0.1, -0.05) is 17.7 Å². The molecule has 1 N–H and O–H groups in total. The molecule has 88 valence electrons. The van der Waals surface area contributed by atoms with Gasteiger partial charge in [-0.25, -0.2) is 4.39 Å². The average molecular weight is 246 g/mol. The largest absolute Gasteiger partial charge is 0.469 e. The molecule has 0 aliphatic carbocycles. The molecule has 0 bridgehead atoms. The summed E-state index contributed by atoms with van der Waals surface area (Å²) < 4.78 is 17.2. The number of carbonyl (C=O) groups is 1. The number of hydrogen-bond acceptors (Lipinski definition) is 3. The van der Waals surface area contributed by atoms with Crippen molar-refractivity contribution in [2.45, 2.75) is 13.0 Å². The minimum Gasteiger partial charge on any atom is -0.469 e. The highest BCUT2D eigenvalue weighted by atomic mass is 35.5. The Bertz CT molecular complexity index is 371. The molecule has 0 aromatic heterocycles. The van der Waals surface area contributed by atoms with Crippen molar-refractivity contribution in [3.8, 4) is 0 Å². The molecular formula is C11H13ClFNO2. The Morgan fingerprint density at radius 2 is 2.31 bits per heavy atom. The average Bonchev–Trinajstić information content (AvgIpc) is 2.26. The Morgan fingerprint density at radius 3 is 2.94 bits per heavy atom. The van der Waals surface area contributed by atoms with Crippen molar-refractivity contribution >= 4 is 17.6 Å². The number of hydrogen-bond donors (Lipinski definition) is 1. The van der Waals surface area contributed by atoms with E-state index < -0.39 is 0 Å². The summed E-state index contributed by atoms with van der Waals surface area (Å²) >= 11 is 5.83. The number of benzene rings is 1. The first-order valence-corrected chi connectivity index (χ1v) is 5.22. The molecule has 0 unspecified atom stereocenters. The maximum Gasteiger partial charge on any atom is 0.306 e. The zero-order chi connectivity index (χ0) is 12.0. The molecule has 0 aliphatic heterocycles. The second kappa shape index (κ2) is 6.45. The van der Waals surface area contributed by atoms with Crippen LogP contribution in [-0.4, -0.2) is 19.6 Å². The number of carbonyl (C=O) groups excluding carboxylic acids is 1. The van der Waals surface area contributed by atoms with Gasteiger partial charge in [0, 0.05) is 18.1 Å². The highest BCUT2D eigenvalue weighted by Gasteiger charge is 2.02. The first-order valence-electron chi connectivity index (χ1n) is 4.85. The standard InChI is InChI=1S/C11H13ClFNO2/c1-16-11(15)4-5-14-7-8-2-3-9(13)6-10(8)12/h2-3,6,14H,4-5,7H2,1H3. The molecule has 0 saturated carbocycles. The lowest BCUT2D eigenvalue weighted by molar-refractivity contribution is -0.140. The van der Waals surface area contributed by atoms with Crippen LogP contribution >= 0.6 is 11.6 Å². The van der Waals surface area contributed by atoms with Crippen molar-refractivity contribution in [3.63, 3.8) is 0 Å². The first-order chi connectivity index (χ1) is 7.63. The van der Waals surface area contributed by atoms with Crippen LogP contribution < -0.4 is 5.32 Å². The SMILES string of the molecule is COC(=O)CCNCc1ccc(F)cc1Cl. The maximum absolute atomic E-state index is 12.7. The Morgan fingerprint density at radius 1 is 1.56 bits per heavy atom. The predicted octanol–water partition coefficient (Wildman–Crippen LogP) is 2.13. The number of methoxy groups -OCH3 is 1. The van der Waals surface area contributed by atoms with E-state index in [1.807, 2.05) is 0 Å². The van der Waals surface area contributed by atoms with Crippen LogP contribution in [0, 0.1) is 5.82 Å². The van der Waals surface area contributed by atoms with Crippen LogP contribution in [-0.2, 0) is 16.1 Å². The summed E-state index contributed by atoms with van der Waals surface area (Å²) in [5.74, 6) is -0.624. The summed E-state index contributed by atoms with van der Waals surface area (Å²) in [6.07, 6.45) is 0.301. The number of nitrogens with one attached hydrogen (secondary N) is 1. The van der Waals surface area contributed by atoms with Gasteiger partial charge in [-0.3, -0.25) is 4.79 Å². The first kappa shape index (κ1) is 12.9. The van der Waals surface area contributed by atoms with Crippen molar-refractivity contribution in [1.29, 1.82) is 0 Å². The van der Waals surface area contributed by atoms with Crippen LogP contribution in [0.3, 0.4) is 0 Å². The van der Waals surface area contributed by atoms with Gasteiger partial charge >= 0.3 is 5.97 Å². The van der Waals surface area contributed by atoms with Crippen LogP contribution in [0.2, 0.25) is 5.02 Å². The van der Waals surface area contributed by atoms with E-state index in [-0.39, 0.29) is 11.8 Å². The molecule has 0 fully saturated rings. The molecule has 0 heterocycles. The molecule has 5 heteroatoms. The van der Waals surface area contributed by atoms with Gasteiger partial charge in [-0.2, -0.15) is 0 Å². The van der Waals surface area contributed by atoms with E-state index in [2.05, 4.69) is 10.1 Å². The Kier molecular flexibility index (Phi) is 5.22. The summed E-state index contributed by atoms with van der Waals surface area (Å²) in [6.45, 7) is 0.997. The summed E-state index contributed by atoms with van der Waals surface area (Å²) in [6, 6.07) is 4.23. The van der Waals surface area contributed by atoms with Gasteiger partial charge in [0.1, 0.15) is 5.82 Å². The van der Waals surface area contributed by atoms with Gasteiger partial charge in [0.25, 0.3) is 0 Å². The number of ether oxygens (including phenoxy) is 1. The van der Waals surface area contributed by atoms with Crippen LogP contribution in [0.5, 0.6) is 0 Å². The van der Waals surface area contributed by atoms with Crippen LogP contribution in [0.4, 0.5) is 4.39 Å². The second-order valence-electron chi connectivity index (χ2n) is 3.24. The summed E-state index contributed by atoms with van der Waals surface area (Å²) in [4.78, 5) is 10.8.